The van der Waals surface area contributed by atoms with Crippen LogP contribution in [-0.4, -0.2) is 158 Å². The number of carboxylic acids is 2. The van der Waals surface area contributed by atoms with Gasteiger partial charge in [-0.1, -0.05) is 97.1 Å². The smallest absolute Gasteiger partial charge is 0.407 e. The first-order valence-corrected chi connectivity index (χ1v) is 24.9. The highest BCUT2D eigenvalue weighted by molar-refractivity contribution is 5.87. The van der Waals surface area contributed by atoms with E-state index in [4.69, 9.17) is 38.6 Å². The van der Waals surface area contributed by atoms with Crippen LogP contribution in [-0.2, 0) is 57.2 Å². The van der Waals surface area contributed by atoms with E-state index in [2.05, 4.69) is 47.0 Å². The average molecular weight is 1050 g/mol. The molecule has 0 radical (unpaired) electrons. The third kappa shape index (κ3) is 18.8. The molecule has 0 atom stereocenters. The molecule has 76 heavy (non-hydrogen) atoms. The summed E-state index contributed by atoms with van der Waals surface area (Å²) in [5.41, 5.74) is 7.61. The Morgan fingerprint density at radius 3 is 1.07 bits per heavy atom. The third-order valence-corrected chi connectivity index (χ3v) is 11.5. The summed E-state index contributed by atoms with van der Waals surface area (Å²) in [5, 5.41) is 22.8. The van der Waals surface area contributed by atoms with Crippen LogP contribution in [0.5, 0.6) is 0 Å². The maximum absolute atomic E-state index is 12.8. The molecule has 2 aliphatic rings. The summed E-state index contributed by atoms with van der Waals surface area (Å²) in [5.74, 6) is -5.05. The number of carbonyl (C=O) groups excluding carboxylic acids is 6. The Morgan fingerprint density at radius 1 is 0.461 bits per heavy atom. The number of nitrogens with zero attached hydrogens (tertiary/aromatic N) is 2. The number of alkyl carbamates (subject to hydrolysis) is 2. The summed E-state index contributed by atoms with van der Waals surface area (Å²) in [4.78, 5) is 97.2. The predicted molar refractivity (Wildman–Crippen MR) is 277 cm³/mol. The van der Waals surface area contributed by atoms with Crippen molar-refractivity contribution < 1.29 is 77.0 Å². The Labute approximate surface area is 441 Å². The van der Waals surface area contributed by atoms with Crippen molar-refractivity contribution in [2.75, 3.05) is 78.9 Å². The van der Waals surface area contributed by atoms with Crippen molar-refractivity contribution >= 4 is 47.9 Å². The summed E-state index contributed by atoms with van der Waals surface area (Å²) in [6.45, 7) is 9.11. The van der Waals surface area contributed by atoms with Crippen molar-refractivity contribution in [3.8, 4) is 22.3 Å². The number of carboxylic acid groups (broad SMARTS) is 2. The molecule has 4 N–H and O–H groups in total. The molecule has 0 fully saturated rings. The van der Waals surface area contributed by atoms with Gasteiger partial charge in [0.2, 0.25) is 11.8 Å². The molecule has 2 aliphatic carbocycles. The van der Waals surface area contributed by atoms with E-state index in [1.807, 2.05) is 60.7 Å². The number of nitrogens with one attached hydrogen (secondary N) is 2. The zero-order chi connectivity index (χ0) is 55.4. The molecule has 4 aromatic rings. The molecule has 20 heteroatoms. The lowest BCUT2D eigenvalue weighted by atomic mass is 9.98. The number of carbonyl (C=O) groups is 8. The second kappa shape index (κ2) is 28.2. The van der Waals surface area contributed by atoms with E-state index >= 15 is 0 Å². The van der Waals surface area contributed by atoms with E-state index in [0.717, 1.165) is 54.3 Å². The SMILES string of the molecule is CC(C)(C)OC(=O)CN(CC(=O)OC(C)(C)C)C(=O)CCOCCNC(=O)OCC1c2ccccc2-c2ccccc21.O=C(O)CN(CC(=O)O)C(=O)CCOCCNC(=O)OCC1c2ccccc2-c2ccccc21. The minimum Gasteiger partial charge on any atom is -0.480 e. The van der Waals surface area contributed by atoms with Crippen LogP contribution in [0.3, 0.4) is 0 Å². The van der Waals surface area contributed by atoms with Gasteiger partial charge in [-0.05, 0) is 86.1 Å². The third-order valence-electron chi connectivity index (χ3n) is 11.5. The van der Waals surface area contributed by atoms with Gasteiger partial charge in [0.15, 0.2) is 0 Å². The highest BCUT2D eigenvalue weighted by Crippen LogP contribution is 2.45. The van der Waals surface area contributed by atoms with Crippen molar-refractivity contribution in [1.29, 1.82) is 0 Å². The van der Waals surface area contributed by atoms with E-state index in [-0.39, 0.29) is 77.4 Å². The van der Waals surface area contributed by atoms with Crippen LogP contribution in [0.2, 0.25) is 0 Å². The number of amides is 4. The van der Waals surface area contributed by atoms with Gasteiger partial charge >= 0.3 is 36.1 Å². The maximum Gasteiger partial charge on any atom is 0.407 e. The number of hydrogen-bond acceptors (Lipinski definition) is 14. The van der Waals surface area contributed by atoms with Gasteiger partial charge in [0, 0.05) is 24.9 Å². The Morgan fingerprint density at radius 2 is 0.763 bits per heavy atom. The molecule has 6 rings (SSSR count). The highest BCUT2D eigenvalue weighted by Gasteiger charge is 2.31. The monoisotopic (exact) mass is 1050 g/mol. The van der Waals surface area contributed by atoms with Gasteiger partial charge in [-0.15, -0.1) is 0 Å². The fourth-order valence-electron chi connectivity index (χ4n) is 8.44. The molecule has 0 heterocycles. The van der Waals surface area contributed by atoms with Gasteiger partial charge in [-0.3, -0.25) is 28.8 Å². The van der Waals surface area contributed by atoms with Crippen LogP contribution in [0.15, 0.2) is 97.1 Å². The van der Waals surface area contributed by atoms with Gasteiger partial charge in [-0.2, -0.15) is 0 Å². The van der Waals surface area contributed by atoms with E-state index in [9.17, 15) is 38.4 Å². The molecular weight excluding hydrogens is 985 g/mol. The Kier molecular flexibility index (Phi) is 21.9. The van der Waals surface area contributed by atoms with Crippen molar-refractivity contribution in [2.45, 2.75) is 77.4 Å². The Bertz CT molecular complexity index is 2540. The van der Waals surface area contributed by atoms with Gasteiger partial charge in [0.1, 0.15) is 50.6 Å². The van der Waals surface area contributed by atoms with E-state index in [0.29, 0.717) is 0 Å². The number of rotatable bonds is 24. The summed E-state index contributed by atoms with van der Waals surface area (Å²) in [7, 11) is 0. The minimum absolute atomic E-state index is 0.0321. The predicted octanol–water partition coefficient (Wildman–Crippen LogP) is 6.37. The second-order valence-electron chi connectivity index (χ2n) is 19.7. The van der Waals surface area contributed by atoms with Gasteiger partial charge in [-0.25, -0.2) is 9.59 Å². The molecule has 4 aromatic carbocycles. The summed E-state index contributed by atoms with van der Waals surface area (Å²) < 4.78 is 32.3. The van der Waals surface area contributed by atoms with Crippen molar-refractivity contribution in [1.82, 2.24) is 20.4 Å². The maximum atomic E-state index is 12.8. The number of aliphatic carboxylic acids is 2. The van der Waals surface area contributed by atoms with Crippen LogP contribution in [0.25, 0.3) is 22.3 Å². The lowest BCUT2D eigenvalue weighted by Crippen LogP contribution is -2.43. The normalized spacial score (nSPS) is 12.3. The van der Waals surface area contributed by atoms with Gasteiger partial charge in [0.25, 0.3) is 0 Å². The first-order chi connectivity index (χ1) is 36.1. The molecule has 0 aliphatic heterocycles. The van der Waals surface area contributed by atoms with Crippen LogP contribution < -0.4 is 10.6 Å². The molecule has 0 saturated heterocycles. The van der Waals surface area contributed by atoms with Crippen molar-refractivity contribution in [3.05, 3.63) is 119 Å². The molecule has 20 nitrogen and oxygen atoms in total. The largest absolute Gasteiger partial charge is 0.480 e. The lowest BCUT2D eigenvalue weighted by molar-refractivity contribution is -0.164. The topological polar surface area (TPSA) is 263 Å². The van der Waals surface area contributed by atoms with Crippen LogP contribution in [0.1, 0.15) is 88.5 Å². The summed E-state index contributed by atoms with van der Waals surface area (Å²) in [6, 6.07) is 32.3. The first kappa shape index (κ1) is 59.0. The molecular formula is C56H68N4O16. The zero-order valence-corrected chi connectivity index (χ0v) is 43.8. The number of hydrogen-bond donors (Lipinski definition) is 4. The van der Waals surface area contributed by atoms with E-state index in [1.165, 1.54) is 0 Å². The molecule has 0 saturated carbocycles. The van der Waals surface area contributed by atoms with E-state index < -0.39 is 85.3 Å². The molecule has 4 amide bonds. The molecule has 0 aromatic heterocycles. The number of esters is 2. The molecule has 408 valence electrons. The second-order valence-corrected chi connectivity index (χ2v) is 19.7. The minimum atomic E-state index is -1.30. The van der Waals surface area contributed by atoms with Gasteiger partial charge < -0.3 is 59.1 Å². The highest BCUT2D eigenvalue weighted by atomic mass is 16.6. The Balaban J connectivity index is 0.000000287. The van der Waals surface area contributed by atoms with E-state index in [1.54, 1.807) is 41.5 Å². The fourth-order valence-corrected chi connectivity index (χ4v) is 8.44. The fraction of sp³-hybridized carbons (Fsp3) is 0.429. The number of ether oxygens (including phenoxy) is 6. The molecule has 0 spiro atoms. The quantitative estimate of drug-likeness (QED) is 0.0337. The van der Waals surface area contributed by atoms with Crippen molar-refractivity contribution in [3.63, 3.8) is 0 Å². The van der Waals surface area contributed by atoms with Crippen molar-refractivity contribution in [2.24, 2.45) is 0 Å². The number of benzene rings is 4. The summed E-state index contributed by atoms with van der Waals surface area (Å²) in [6.07, 6.45) is -1.39. The standard InChI is InChI=1S/C32H42N2O8.C24H26N2O8/c1-31(2,3)41-28(36)19-34(20-29(37)42-32(4,5)6)27(35)15-17-39-18-16-33-30(38)40-21-26-24-13-9-7-11-22(24)23-12-8-10-14-25(23)26;27-21(26(13-22(28)29)14-23(30)31)9-11-33-12-10-25-24(32)34-15-20-18-7-3-1-5-16(18)17-6-2-4-8-19(17)20/h7-14,26H,15-21H2,1-6H3,(H,33,38);1-8,20H,9-15H2,(H,25,32)(H,28,29)(H,30,31). The average Bonchev–Trinajstić information content (AvgIpc) is 3.85. The van der Waals surface area contributed by atoms with Gasteiger partial charge in [0.05, 0.1) is 39.3 Å². The van der Waals surface area contributed by atoms with Crippen LogP contribution in [0, 0.1) is 0 Å². The first-order valence-electron chi connectivity index (χ1n) is 24.9. The van der Waals surface area contributed by atoms with Crippen LogP contribution in [0.4, 0.5) is 9.59 Å². The number of fused-ring (bicyclic) bond motifs is 6. The summed E-state index contributed by atoms with van der Waals surface area (Å²) >= 11 is 0. The van der Waals surface area contributed by atoms with Crippen LogP contribution >= 0.6 is 0 Å². The molecule has 0 unspecified atom stereocenters. The Hall–Kier alpha value is -7.84. The molecule has 0 bridgehead atoms. The zero-order valence-electron chi connectivity index (χ0n) is 43.8. The lowest BCUT2D eigenvalue weighted by Gasteiger charge is -2.26.